The lowest BCUT2D eigenvalue weighted by molar-refractivity contribution is 0.0989. The number of rotatable bonds is 4. The molecule has 2 amide bonds. The van der Waals surface area contributed by atoms with E-state index in [9.17, 15) is 9.59 Å². The molecule has 0 aliphatic carbocycles. The van der Waals surface area contributed by atoms with Gasteiger partial charge in [0.1, 0.15) is 0 Å². The van der Waals surface area contributed by atoms with Gasteiger partial charge < -0.3 is 22.9 Å². The van der Waals surface area contributed by atoms with E-state index in [0.717, 1.165) is 11.1 Å². The first-order valence-electron chi connectivity index (χ1n) is 7.86. The van der Waals surface area contributed by atoms with Crippen molar-refractivity contribution in [3.63, 3.8) is 0 Å². The number of nitrogens with two attached hydrogens (primary N) is 4. The second-order valence-electron chi connectivity index (χ2n) is 5.92. The Kier molecular flexibility index (Phi) is 4.33. The Labute approximate surface area is 150 Å². The summed E-state index contributed by atoms with van der Waals surface area (Å²) in [4.78, 5) is 23.5. The molecule has 0 heterocycles. The Hall–Kier alpha value is -3.80. The summed E-state index contributed by atoms with van der Waals surface area (Å²) in [5.74, 6) is -1.21. The predicted octanol–water partition coefficient (Wildman–Crippen LogP) is 2.38. The first-order chi connectivity index (χ1) is 12.4. The summed E-state index contributed by atoms with van der Waals surface area (Å²) in [7, 11) is 0. The molecule has 0 spiro atoms. The fourth-order valence-corrected chi connectivity index (χ4v) is 2.83. The highest BCUT2D eigenvalue weighted by molar-refractivity contribution is 6.04. The molecule has 8 N–H and O–H groups in total. The molecule has 0 aromatic heterocycles. The molecule has 3 aromatic rings. The first-order valence-corrected chi connectivity index (χ1v) is 7.86. The summed E-state index contributed by atoms with van der Waals surface area (Å²) in [5, 5.41) is 0. The van der Waals surface area contributed by atoms with Crippen molar-refractivity contribution in [3.8, 4) is 22.3 Å². The second kappa shape index (κ2) is 6.60. The zero-order chi connectivity index (χ0) is 18.8. The van der Waals surface area contributed by atoms with Crippen LogP contribution in [0.15, 0.2) is 60.7 Å². The molecule has 6 heteroatoms. The van der Waals surface area contributed by atoms with Gasteiger partial charge in [0.05, 0.1) is 0 Å². The Morgan fingerprint density at radius 3 is 1.88 bits per heavy atom. The third-order valence-corrected chi connectivity index (χ3v) is 4.13. The van der Waals surface area contributed by atoms with Gasteiger partial charge in [-0.15, -0.1) is 0 Å². The zero-order valence-corrected chi connectivity index (χ0v) is 13.9. The highest BCUT2D eigenvalue weighted by Gasteiger charge is 2.17. The van der Waals surface area contributed by atoms with E-state index in [-0.39, 0.29) is 11.1 Å². The van der Waals surface area contributed by atoms with Crippen molar-refractivity contribution >= 4 is 23.2 Å². The van der Waals surface area contributed by atoms with Gasteiger partial charge in [-0.05, 0) is 64.7 Å². The highest BCUT2D eigenvalue weighted by atomic mass is 16.1. The summed E-state index contributed by atoms with van der Waals surface area (Å²) < 4.78 is 0. The van der Waals surface area contributed by atoms with E-state index in [1.165, 1.54) is 12.1 Å². The molecule has 3 rings (SSSR count). The van der Waals surface area contributed by atoms with Crippen LogP contribution in [0.5, 0.6) is 0 Å². The lowest BCUT2D eigenvalue weighted by Gasteiger charge is -2.15. The maximum Gasteiger partial charge on any atom is 0.249 e. The molecule has 0 saturated heterocycles. The maximum absolute atomic E-state index is 11.9. The largest absolute Gasteiger partial charge is 0.399 e. The molecule has 0 bridgehead atoms. The molecular weight excluding hydrogens is 328 g/mol. The number of hydrogen-bond donors (Lipinski definition) is 4. The van der Waals surface area contributed by atoms with E-state index >= 15 is 0 Å². The maximum atomic E-state index is 11.9. The van der Waals surface area contributed by atoms with Gasteiger partial charge in [0.15, 0.2) is 0 Å². The number of primary amides is 2. The Bertz CT molecular complexity index is 1010. The van der Waals surface area contributed by atoms with Crippen LogP contribution in [0.2, 0.25) is 0 Å². The minimum atomic E-state index is -0.610. The second-order valence-corrected chi connectivity index (χ2v) is 5.92. The molecule has 26 heavy (non-hydrogen) atoms. The van der Waals surface area contributed by atoms with E-state index in [2.05, 4.69) is 0 Å². The average molecular weight is 346 g/mol. The van der Waals surface area contributed by atoms with Crippen molar-refractivity contribution in [2.45, 2.75) is 0 Å². The summed E-state index contributed by atoms with van der Waals surface area (Å²) >= 11 is 0. The van der Waals surface area contributed by atoms with Gasteiger partial charge in [-0.2, -0.15) is 0 Å². The Morgan fingerprint density at radius 1 is 0.615 bits per heavy atom. The van der Waals surface area contributed by atoms with Crippen LogP contribution in [0.4, 0.5) is 11.4 Å². The average Bonchev–Trinajstić information content (AvgIpc) is 2.62. The first kappa shape index (κ1) is 17.0. The number of carbonyl (C=O) groups excluding carboxylic acids is 2. The van der Waals surface area contributed by atoms with Crippen molar-refractivity contribution in [2.24, 2.45) is 11.5 Å². The minimum absolute atomic E-state index is 0.274. The van der Waals surface area contributed by atoms with Crippen molar-refractivity contribution < 1.29 is 9.59 Å². The summed E-state index contributed by atoms with van der Waals surface area (Å²) in [6.07, 6.45) is 0. The summed E-state index contributed by atoms with van der Waals surface area (Å²) in [5.41, 5.74) is 27.2. The van der Waals surface area contributed by atoms with E-state index in [1.807, 2.05) is 18.2 Å². The van der Waals surface area contributed by atoms with Gasteiger partial charge in [0, 0.05) is 22.5 Å². The highest BCUT2D eigenvalue weighted by Crippen LogP contribution is 2.36. The number of carbonyl (C=O) groups is 2. The molecular formula is C20H18N4O2. The fraction of sp³-hybridized carbons (Fsp3) is 0. The normalized spacial score (nSPS) is 10.5. The van der Waals surface area contributed by atoms with E-state index in [4.69, 9.17) is 22.9 Å². The molecule has 130 valence electrons. The number of nitrogen functional groups attached to an aromatic ring is 2. The zero-order valence-electron chi connectivity index (χ0n) is 13.9. The third kappa shape index (κ3) is 3.21. The molecule has 0 unspecified atom stereocenters. The number of benzene rings is 3. The van der Waals surface area contributed by atoms with E-state index in [1.54, 1.807) is 30.3 Å². The van der Waals surface area contributed by atoms with Crippen LogP contribution in [0, 0.1) is 0 Å². The van der Waals surface area contributed by atoms with Crippen LogP contribution in [0.25, 0.3) is 22.3 Å². The Balaban J connectivity index is 2.31. The quantitative estimate of drug-likeness (QED) is 0.539. The van der Waals surface area contributed by atoms with Gasteiger partial charge in [0.25, 0.3) is 0 Å². The molecule has 0 aliphatic rings. The molecule has 0 fully saturated rings. The van der Waals surface area contributed by atoms with Crippen LogP contribution < -0.4 is 22.9 Å². The van der Waals surface area contributed by atoms with Crippen LogP contribution in [-0.2, 0) is 0 Å². The lowest BCUT2D eigenvalue weighted by Crippen LogP contribution is -2.15. The minimum Gasteiger partial charge on any atom is -0.399 e. The van der Waals surface area contributed by atoms with Crippen LogP contribution in [0.3, 0.4) is 0 Å². The molecule has 6 nitrogen and oxygen atoms in total. The monoisotopic (exact) mass is 346 g/mol. The predicted molar refractivity (Wildman–Crippen MR) is 103 cm³/mol. The van der Waals surface area contributed by atoms with Gasteiger partial charge in [0.2, 0.25) is 11.8 Å². The Morgan fingerprint density at radius 2 is 1.27 bits per heavy atom. The van der Waals surface area contributed by atoms with Gasteiger partial charge in [-0.1, -0.05) is 18.2 Å². The molecule has 0 atom stereocenters. The van der Waals surface area contributed by atoms with E-state index in [0.29, 0.717) is 22.5 Å². The lowest BCUT2D eigenvalue weighted by atomic mass is 9.90. The molecule has 3 aromatic carbocycles. The van der Waals surface area contributed by atoms with Crippen molar-refractivity contribution in [3.05, 3.63) is 71.8 Å². The molecule has 0 aliphatic heterocycles. The van der Waals surface area contributed by atoms with Gasteiger partial charge >= 0.3 is 0 Å². The van der Waals surface area contributed by atoms with Crippen molar-refractivity contribution in [1.29, 1.82) is 0 Å². The van der Waals surface area contributed by atoms with Crippen LogP contribution >= 0.6 is 0 Å². The van der Waals surface area contributed by atoms with Gasteiger partial charge in [-0.3, -0.25) is 9.59 Å². The van der Waals surface area contributed by atoms with Crippen LogP contribution in [-0.4, -0.2) is 11.8 Å². The van der Waals surface area contributed by atoms with Crippen molar-refractivity contribution in [2.75, 3.05) is 11.5 Å². The molecule has 0 radical (unpaired) electrons. The van der Waals surface area contributed by atoms with E-state index < -0.39 is 11.8 Å². The molecule has 0 saturated carbocycles. The fourth-order valence-electron chi connectivity index (χ4n) is 2.83. The number of anilines is 2. The standard InChI is InChI=1S/C20H18N4O2/c21-13-4-1-11(2-5-13)15-8-6-14(22)10-18(15)17-9-12(19(23)25)3-7-16(17)20(24)26/h1-10H,21-22H2,(H2,23,25)(H2,24,26). The number of amides is 2. The van der Waals surface area contributed by atoms with Crippen LogP contribution in [0.1, 0.15) is 20.7 Å². The SMILES string of the molecule is NC(=O)c1ccc(C(N)=O)c(-c2cc(N)ccc2-c2ccc(N)cc2)c1. The third-order valence-electron chi connectivity index (χ3n) is 4.13. The van der Waals surface area contributed by atoms with Crippen molar-refractivity contribution in [1.82, 2.24) is 0 Å². The number of hydrogen-bond acceptors (Lipinski definition) is 4. The van der Waals surface area contributed by atoms with Gasteiger partial charge in [-0.25, -0.2) is 0 Å². The summed E-state index contributed by atoms with van der Waals surface area (Å²) in [6.45, 7) is 0. The summed E-state index contributed by atoms with van der Waals surface area (Å²) in [6, 6.07) is 17.2. The smallest absolute Gasteiger partial charge is 0.249 e. The topological polar surface area (TPSA) is 138 Å².